The molecule has 0 spiro atoms. The molecule has 2 aliphatic rings. The first kappa shape index (κ1) is 35.1. The van der Waals surface area contributed by atoms with E-state index < -0.39 is 0 Å². The van der Waals surface area contributed by atoms with Gasteiger partial charge in [-0.1, -0.05) is 48.5 Å². The van der Waals surface area contributed by atoms with Crippen LogP contribution < -0.4 is 16.0 Å². The SMILES string of the molecule is c1ccc2c(CN3CCOCCOCCOCCOCCOCC3)c3ccccc3c(CN3CCNCCNCCNCC3)c2c1. The third-order valence-corrected chi connectivity index (χ3v) is 8.68. The van der Waals surface area contributed by atoms with Gasteiger partial charge in [-0.25, -0.2) is 0 Å². The van der Waals surface area contributed by atoms with Crippen molar-refractivity contribution in [2.45, 2.75) is 13.1 Å². The molecule has 2 saturated heterocycles. The molecule has 10 heteroatoms. The molecule has 3 aromatic rings. The topological polar surface area (TPSA) is 88.7 Å². The fraction of sp³-hybridized carbons (Fsp3) is 0.611. The fourth-order valence-corrected chi connectivity index (χ4v) is 6.21. The normalized spacial score (nSPS) is 21.2. The molecule has 46 heavy (non-hydrogen) atoms. The van der Waals surface area contributed by atoms with Crippen LogP contribution in [0.3, 0.4) is 0 Å². The van der Waals surface area contributed by atoms with Crippen molar-refractivity contribution in [1.29, 1.82) is 0 Å². The summed E-state index contributed by atoms with van der Waals surface area (Å²) in [5.74, 6) is 0. The summed E-state index contributed by atoms with van der Waals surface area (Å²) in [4.78, 5) is 5.07. The molecule has 0 radical (unpaired) electrons. The molecular weight excluding hydrogens is 582 g/mol. The van der Waals surface area contributed by atoms with Gasteiger partial charge in [0.2, 0.25) is 0 Å². The summed E-state index contributed by atoms with van der Waals surface area (Å²) in [6.45, 7) is 17.2. The van der Waals surface area contributed by atoms with E-state index >= 15 is 0 Å². The van der Waals surface area contributed by atoms with Gasteiger partial charge in [-0.05, 0) is 32.7 Å². The highest BCUT2D eigenvalue weighted by Crippen LogP contribution is 2.34. The minimum atomic E-state index is 0.567. The Hall–Kier alpha value is -2.22. The summed E-state index contributed by atoms with van der Waals surface area (Å²) in [6.07, 6.45) is 0. The standard InChI is InChI=1S/C36H55N5O5/c1-3-7-33-31(5-1)35(29-40-15-13-38-11-9-37-10-12-39-14-16-40)32-6-2-4-8-34(32)36(33)30-41-17-19-42-21-23-44-25-27-46-28-26-45-24-22-43-20-18-41/h1-8,37-39H,9-30H2. The minimum Gasteiger partial charge on any atom is -0.378 e. The summed E-state index contributed by atoms with van der Waals surface area (Å²) in [7, 11) is 0. The molecule has 0 amide bonds. The van der Waals surface area contributed by atoms with Gasteiger partial charge in [0, 0.05) is 78.5 Å². The van der Waals surface area contributed by atoms with Gasteiger partial charge in [0.05, 0.1) is 66.1 Å². The Labute approximate surface area is 275 Å². The van der Waals surface area contributed by atoms with Crippen LogP contribution in [0, 0.1) is 0 Å². The Morgan fingerprint density at radius 1 is 0.391 bits per heavy atom. The zero-order valence-electron chi connectivity index (χ0n) is 27.6. The van der Waals surface area contributed by atoms with E-state index in [1.54, 1.807) is 0 Å². The third-order valence-electron chi connectivity index (χ3n) is 8.68. The van der Waals surface area contributed by atoms with Crippen LogP contribution in [0.15, 0.2) is 48.5 Å². The largest absolute Gasteiger partial charge is 0.378 e. The number of nitrogens with zero attached hydrogens (tertiary/aromatic N) is 2. The Morgan fingerprint density at radius 3 is 1.07 bits per heavy atom. The van der Waals surface area contributed by atoms with Gasteiger partial charge >= 0.3 is 0 Å². The molecule has 0 saturated carbocycles. The summed E-state index contributed by atoms with van der Waals surface area (Å²) < 4.78 is 28.8. The maximum Gasteiger partial charge on any atom is 0.0701 e. The van der Waals surface area contributed by atoms with E-state index in [9.17, 15) is 0 Å². The van der Waals surface area contributed by atoms with E-state index in [1.165, 1.54) is 32.7 Å². The van der Waals surface area contributed by atoms with Crippen molar-refractivity contribution in [1.82, 2.24) is 25.8 Å². The maximum atomic E-state index is 5.99. The number of ether oxygens (including phenoxy) is 5. The first-order valence-corrected chi connectivity index (χ1v) is 17.3. The molecule has 2 fully saturated rings. The Morgan fingerprint density at radius 2 is 0.696 bits per heavy atom. The number of fused-ring (bicyclic) bond motifs is 2. The monoisotopic (exact) mass is 637 g/mol. The fourth-order valence-electron chi connectivity index (χ4n) is 6.21. The summed E-state index contributed by atoms with van der Waals surface area (Å²) >= 11 is 0. The zero-order valence-corrected chi connectivity index (χ0v) is 27.6. The van der Waals surface area contributed by atoms with Crippen molar-refractivity contribution in [3.8, 4) is 0 Å². The van der Waals surface area contributed by atoms with E-state index in [1.807, 2.05) is 0 Å². The molecule has 0 aliphatic carbocycles. The van der Waals surface area contributed by atoms with Crippen LogP contribution in [0.4, 0.5) is 0 Å². The molecule has 10 nitrogen and oxygen atoms in total. The molecule has 3 N–H and O–H groups in total. The molecule has 0 atom stereocenters. The van der Waals surface area contributed by atoms with Crippen molar-refractivity contribution < 1.29 is 23.7 Å². The van der Waals surface area contributed by atoms with Gasteiger partial charge in [0.25, 0.3) is 0 Å². The van der Waals surface area contributed by atoms with Crippen molar-refractivity contribution in [2.24, 2.45) is 0 Å². The Balaban J connectivity index is 1.35. The van der Waals surface area contributed by atoms with Crippen molar-refractivity contribution in [3.05, 3.63) is 59.7 Å². The van der Waals surface area contributed by atoms with Crippen LogP contribution in [0.5, 0.6) is 0 Å². The van der Waals surface area contributed by atoms with E-state index in [0.29, 0.717) is 66.1 Å². The van der Waals surface area contributed by atoms with E-state index in [0.717, 1.165) is 78.5 Å². The second kappa shape index (κ2) is 20.9. The lowest BCUT2D eigenvalue weighted by Crippen LogP contribution is -2.41. The van der Waals surface area contributed by atoms with Crippen molar-refractivity contribution >= 4 is 21.5 Å². The number of rotatable bonds is 4. The number of hydrogen-bond donors (Lipinski definition) is 3. The second-order valence-electron chi connectivity index (χ2n) is 11.9. The van der Waals surface area contributed by atoms with Crippen LogP contribution >= 0.6 is 0 Å². The molecular formula is C36H55N5O5. The number of benzene rings is 3. The van der Waals surface area contributed by atoms with Crippen molar-refractivity contribution in [2.75, 3.05) is 132 Å². The van der Waals surface area contributed by atoms with Gasteiger partial charge in [-0.3, -0.25) is 9.80 Å². The molecule has 0 aromatic heterocycles. The Kier molecular flexibility index (Phi) is 15.9. The molecule has 0 bridgehead atoms. The van der Waals surface area contributed by atoms with Crippen molar-refractivity contribution in [3.63, 3.8) is 0 Å². The van der Waals surface area contributed by atoms with Crippen LogP contribution in [0.2, 0.25) is 0 Å². The van der Waals surface area contributed by atoms with Gasteiger partial charge < -0.3 is 39.6 Å². The van der Waals surface area contributed by atoms with Crippen LogP contribution in [0.1, 0.15) is 11.1 Å². The third kappa shape index (κ3) is 11.5. The lowest BCUT2D eigenvalue weighted by atomic mass is 9.91. The quantitative estimate of drug-likeness (QED) is 0.371. The predicted molar refractivity (Wildman–Crippen MR) is 185 cm³/mol. The average Bonchev–Trinajstić information content (AvgIpc) is 3.07. The highest BCUT2D eigenvalue weighted by atomic mass is 16.6. The van der Waals surface area contributed by atoms with Gasteiger partial charge in [0.15, 0.2) is 0 Å². The van der Waals surface area contributed by atoms with E-state index in [2.05, 4.69) is 74.3 Å². The molecule has 0 unspecified atom stereocenters. The van der Waals surface area contributed by atoms with E-state index in [4.69, 9.17) is 23.7 Å². The average molecular weight is 638 g/mol. The minimum absolute atomic E-state index is 0.567. The summed E-state index contributed by atoms with van der Waals surface area (Å²) in [6, 6.07) is 18.0. The lowest BCUT2D eigenvalue weighted by Gasteiger charge is -2.28. The number of hydrogen-bond acceptors (Lipinski definition) is 10. The molecule has 2 aliphatic heterocycles. The highest BCUT2D eigenvalue weighted by molar-refractivity contribution is 6.05. The van der Waals surface area contributed by atoms with Crippen LogP contribution in [0.25, 0.3) is 21.5 Å². The van der Waals surface area contributed by atoms with Gasteiger partial charge in [-0.15, -0.1) is 0 Å². The summed E-state index contributed by atoms with van der Waals surface area (Å²) in [5, 5.41) is 16.1. The smallest absolute Gasteiger partial charge is 0.0701 e. The first-order valence-electron chi connectivity index (χ1n) is 17.3. The molecule has 3 aromatic carbocycles. The van der Waals surface area contributed by atoms with Crippen LogP contribution in [-0.4, -0.2) is 141 Å². The molecule has 2 heterocycles. The lowest BCUT2D eigenvalue weighted by molar-refractivity contribution is -0.0189. The van der Waals surface area contributed by atoms with Gasteiger partial charge in [0.1, 0.15) is 0 Å². The Bertz CT molecular complexity index is 1190. The van der Waals surface area contributed by atoms with Gasteiger partial charge in [-0.2, -0.15) is 0 Å². The molecule has 254 valence electrons. The zero-order chi connectivity index (χ0) is 31.5. The highest BCUT2D eigenvalue weighted by Gasteiger charge is 2.18. The molecule has 5 rings (SSSR count). The van der Waals surface area contributed by atoms with Crippen LogP contribution in [-0.2, 0) is 36.8 Å². The number of nitrogens with one attached hydrogen (secondary N) is 3. The van der Waals surface area contributed by atoms with E-state index in [-0.39, 0.29) is 0 Å². The maximum absolute atomic E-state index is 5.99. The second-order valence-corrected chi connectivity index (χ2v) is 11.9. The summed E-state index contributed by atoms with van der Waals surface area (Å²) in [5.41, 5.74) is 2.79. The predicted octanol–water partition coefficient (Wildman–Crippen LogP) is 2.48. The first-order chi connectivity index (χ1) is 22.9.